The molecule has 0 unspecified atom stereocenters. The van der Waals surface area contributed by atoms with E-state index in [1.807, 2.05) is 55.5 Å². The van der Waals surface area contributed by atoms with Crippen molar-refractivity contribution in [1.29, 1.82) is 0 Å². The summed E-state index contributed by atoms with van der Waals surface area (Å²) in [4.78, 5) is 4.47. The molecule has 2 aromatic carbocycles. The van der Waals surface area contributed by atoms with Crippen LogP contribution in [-0.2, 0) is 0 Å². The number of rotatable bonds is 3. The molecular formula is C18H17NO2. The summed E-state index contributed by atoms with van der Waals surface area (Å²) in [6.45, 7) is 2.47. The highest BCUT2D eigenvalue weighted by molar-refractivity contribution is 5.79. The maximum Gasteiger partial charge on any atom is 0.136 e. The summed E-state index contributed by atoms with van der Waals surface area (Å²) in [5, 5.41) is 10.9. The second-order valence-corrected chi connectivity index (χ2v) is 4.97. The van der Waals surface area contributed by atoms with Gasteiger partial charge in [-0.1, -0.05) is 42.0 Å². The topological polar surface area (TPSA) is 45.7 Å². The van der Waals surface area contributed by atoms with Crippen molar-refractivity contribution in [3.8, 4) is 11.3 Å². The van der Waals surface area contributed by atoms with Crippen molar-refractivity contribution in [2.45, 2.75) is 6.92 Å². The van der Waals surface area contributed by atoms with E-state index in [0.29, 0.717) is 6.54 Å². The third kappa shape index (κ3) is 2.88. The van der Waals surface area contributed by atoms with Gasteiger partial charge in [0.25, 0.3) is 0 Å². The maximum atomic E-state index is 9.02. The molecule has 106 valence electrons. The number of nitrogens with zero attached hydrogens (tertiary/aromatic N) is 1. The zero-order chi connectivity index (χ0) is 14.7. The van der Waals surface area contributed by atoms with Gasteiger partial charge in [-0.25, -0.2) is 0 Å². The lowest BCUT2D eigenvalue weighted by Crippen LogP contribution is -2.06. The zero-order valence-electron chi connectivity index (χ0n) is 11.9. The Bertz CT molecular complexity index is 819. The third-order valence-electron chi connectivity index (χ3n) is 3.34. The maximum absolute atomic E-state index is 9.02. The van der Waals surface area contributed by atoms with E-state index in [1.54, 1.807) is 0 Å². The standard InChI is InChI=1S/C18H17NO2/c1-13-7-8-17-15(11-13)16(19-9-10-20)12-18(21-17)14-5-3-2-4-6-14/h2-8,11-12,20H,9-10H2,1H3/b19-16+. The van der Waals surface area contributed by atoms with Crippen molar-refractivity contribution < 1.29 is 9.52 Å². The molecule has 3 rings (SSSR count). The predicted octanol–water partition coefficient (Wildman–Crippen LogP) is 3.30. The Labute approximate surface area is 123 Å². The monoisotopic (exact) mass is 279 g/mol. The van der Waals surface area contributed by atoms with Gasteiger partial charge in [-0.05, 0) is 19.1 Å². The Morgan fingerprint density at radius 3 is 2.62 bits per heavy atom. The van der Waals surface area contributed by atoms with E-state index in [1.165, 1.54) is 0 Å². The highest BCUT2D eigenvalue weighted by Crippen LogP contribution is 2.22. The van der Waals surface area contributed by atoms with Crippen LogP contribution in [0.1, 0.15) is 5.56 Å². The first-order chi connectivity index (χ1) is 10.3. The molecule has 0 aliphatic heterocycles. The number of aliphatic hydroxyl groups excluding tert-OH is 1. The molecule has 3 nitrogen and oxygen atoms in total. The molecule has 3 heteroatoms. The molecule has 1 N–H and O–H groups in total. The quantitative estimate of drug-likeness (QED) is 0.799. The molecule has 3 aromatic rings. The molecule has 1 heterocycles. The summed E-state index contributed by atoms with van der Waals surface area (Å²) in [6.07, 6.45) is 0. The van der Waals surface area contributed by atoms with Crippen molar-refractivity contribution in [1.82, 2.24) is 0 Å². The second kappa shape index (κ2) is 5.94. The van der Waals surface area contributed by atoms with E-state index in [2.05, 4.69) is 11.1 Å². The minimum Gasteiger partial charge on any atom is -0.456 e. The van der Waals surface area contributed by atoms with Gasteiger partial charge in [-0.15, -0.1) is 0 Å². The molecule has 0 saturated heterocycles. The molecule has 0 bridgehead atoms. The van der Waals surface area contributed by atoms with E-state index in [4.69, 9.17) is 9.52 Å². The third-order valence-corrected chi connectivity index (χ3v) is 3.34. The number of hydrogen-bond donors (Lipinski definition) is 1. The van der Waals surface area contributed by atoms with E-state index in [-0.39, 0.29) is 6.61 Å². The SMILES string of the molecule is Cc1ccc2oc(-c3ccccc3)c/c(=N\CCO)c2c1. The summed E-state index contributed by atoms with van der Waals surface area (Å²) < 4.78 is 6.00. The minimum atomic E-state index is 0.0417. The van der Waals surface area contributed by atoms with Crippen molar-refractivity contribution >= 4 is 11.0 Å². The normalized spacial score (nSPS) is 12.0. The molecule has 0 aliphatic rings. The minimum absolute atomic E-state index is 0.0417. The van der Waals surface area contributed by atoms with Gasteiger partial charge in [0, 0.05) is 17.0 Å². The lowest BCUT2D eigenvalue weighted by atomic mass is 10.1. The van der Waals surface area contributed by atoms with E-state index < -0.39 is 0 Å². The number of hydrogen-bond acceptors (Lipinski definition) is 3. The fraction of sp³-hybridized carbons (Fsp3) is 0.167. The van der Waals surface area contributed by atoms with Crippen molar-refractivity contribution in [3.63, 3.8) is 0 Å². The average molecular weight is 279 g/mol. The summed E-state index contributed by atoms with van der Waals surface area (Å²) in [7, 11) is 0. The molecule has 0 spiro atoms. The largest absolute Gasteiger partial charge is 0.456 e. The smallest absolute Gasteiger partial charge is 0.136 e. The van der Waals surface area contributed by atoms with Crippen LogP contribution in [0.5, 0.6) is 0 Å². The van der Waals surface area contributed by atoms with Gasteiger partial charge >= 0.3 is 0 Å². The van der Waals surface area contributed by atoms with Gasteiger partial charge in [-0.2, -0.15) is 0 Å². The van der Waals surface area contributed by atoms with Crippen LogP contribution in [0.15, 0.2) is 64.0 Å². The highest BCUT2D eigenvalue weighted by Gasteiger charge is 2.05. The highest BCUT2D eigenvalue weighted by atomic mass is 16.3. The van der Waals surface area contributed by atoms with Crippen LogP contribution < -0.4 is 5.36 Å². The Morgan fingerprint density at radius 1 is 1.05 bits per heavy atom. The molecule has 0 saturated carbocycles. The molecule has 0 fully saturated rings. The Morgan fingerprint density at radius 2 is 1.86 bits per heavy atom. The lowest BCUT2D eigenvalue weighted by Gasteiger charge is -2.05. The first-order valence-corrected chi connectivity index (χ1v) is 6.99. The molecule has 0 amide bonds. The van der Waals surface area contributed by atoms with Gasteiger partial charge < -0.3 is 9.52 Å². The Hall–Kier alpha value is -2.39. The van der Waals surface area contributed by atoms with Gasteiger partial charge in [-0.3, -0.25) is 4.99 Å². The molecule has 21 heavy (non-hydrogen) atoms. The van der Waals surface area contributed by atoms with Crippen LogP contribution in [0.4, 0.5) is 0 Å². The second-order valence-electron chi connectivity index (χ2n) is 4.97. The van der Waals surface area contributed by atoms with E-state index in [0.717, 1.165) is 33.2 Å². The van der Waals surface area contributed by atoms with Crippen LogP contribution in [0.25, 0.3) is 22.3 Å². The van der Waals surface area contributed by atoms with Crippen LogP contribution in [0.3, 0.4) is 0 Å². The van der Waals surface area contributed by atoms with Gasteiger partial charge in [0.2, 0.25) is 0 Å². The summed E-state index contributed by atoms with van der Waals surface area (Å²) in [5.74, 6) is 0.781. The van der Waals surface area contributed by atoms with Gasteiger partial charge in [0.05, 0.1) is 18.5 Å². The number of aryl methyl sites for hydroxylation is 1. The van der Waals surface area contributed by atoms with Crippen LogP contribution in [-0.4, -0.2) is 18.3 Å². The fourth-order valence-electron chi connectivity index (χ4n) is 2.33. The average Bonchev–Trinajstić information content (AvgIpc) is 2.53. The molecule has 0 atom stereocenters. The van der Waals surface area contributed by atoms with Crippen LogP contribution >= 0.6 is 0 Å². The van der Waals surface area contributed by atoms with Crippen molar-refractivity contribution in [2.75, 3.05) is 13.2 Å². The van der Waals surface area contributed by atoms with Crippen LogP contribution in [0.2, 0.25) is 0 Å². The Kier molecular flexibility index (Phi) is 3.84. The molecule has 0 radical (unpaired) electrons. The van der Waals surface area contributed by atoms with Gasteiger partial charge in [0.1, 0.15) is 11.3 Å². The summed E-state index contributed by atoms with van der Waals surface area (Å²) >= 11 is 0. The van der Waals surface area contributed by atoms with E-state index >= 15 is 0 Å². The predicted molar refractivity (Wildman–Crippen MR) is 83.9 cm³/mol. The Balaban J connectivity index is 2.27. The number of aliphatic hydroxyl groups is 1. The first kappa shape index (κ1) is 13.6. The lowest BCUT2D eigenvalue weighted by molar-refractivity contribution is 0.306. The van der Waals surface area contributed by atoms with Crippen molar-refractivity contribution in [3.05, 3.63) is 65.5 Å². The van der Waals surface area contributed by atoms with E-state index in [9.17, 15) is 0 Å². The molecular weight excluding hydrogens is 262 g/mol. The summed E-state index contributed by atoms with van der Waals surface area (Å²) in [5.41, 5.74) is 2.98. The molecule has 1 aromatic heterocycles. The fourth-order valence-corrected chi connectivity index (χ4v) is 2.33. The number of benzene rings is 2. The van der Waals surface area contributed by atoms with Crippen LogP contribution in [0, 0.1) is 6.92 Å². The van der Waals surface area contributed by atoms with Crippen molar-refractivity contribution in [2.24, 2.45) is 4.99 Å². The van der Waals surface area contributed by atoms with Gasteiger partial charge in [0.15, 0.2) is 0 Å². The molecule has 0 aliphatic carbocycles. The first-order valence-electron chi connectivity index (χ1n) is 6.99. The summed E-state index contributed by atoms with van der Waals surface area (Å²) in [6, 6.07) is 17.9. The zero-order valence-corrected chi connectivity index (χ0v) is 11.9. The number of fused-ring (bicyclic) bond motifs is 1.